The summed E-state index contributed by atoms with van der Waals surface area (Å²) in [6, 6.07) is 6.10. The Labute approximate surface area is 130 Å². The third-order valence-electron chi connectivity index (χ3n) is 4.19. The first-order valence-corrected chi connectivity index (χ1v) is 8.17. The van der Waals surface area contributed by atoms with Crippen LogP contribution in [0.1, 0.15) is 18.7 Å². The normalized spacial score (nSPS) is 15.9. The summed E-state index contributed by atoms with van der Waals surface area (Å²) < 4.78 is 7.60. The molecular formula is C16H22ClN3O. The first kappa shape index (κ1) is 14.7. The van der Waals surface area contributed by atoms with E-state index < -0.39 is 0 Å². The lowest BCUT2D eigenvalue weighted by atomic mass is 10.3. The third-order valence-corrected chi connectivity index (χ3v) is 4.38. The summed E-state index contributed by atoms with van der Waals surface area (Å²) in [4.78, 5) is 7.26. The van der Waals surface area contributed by atoms with E-state index in [0.29, 0.717) is 5.88 Å². The molecule has 0 unspecified atom stereocenters. The van der Waals surface area contributed by atoms with E-state index in [1.807, 2.05) is 12.1 Å². The van der Waals surface area contributed by atoms with Gasteiger partial charge in [0.25, 0.3) is 0 Å². The van der Waals surface area contributed by atoms with Gasteiger partial charge in [0.05, 0.1) is 18.1 Å². The van der Waals surface area contributed by atoms with Crippen LogP contribution in [0.5, 0.6) is 5.75 Å². The highest BCUT2D eigenvalue weighted by Gasteiger charge is 2.15. The third kappa shape index (κ3) is 3.16. The van der Waals surface area contributed by atoms with Gasteiger partial charge in [-0.05, 0) is 38.1 Å². The predicted octanol–water partition coefficient (Wildman–Crippen LogP) is 2.92. The molecule has 4 nitrogen and oxygen atoms in total. The lowest BCUT2D eigenvalue weighted by Gasteiger charge is -2.16. The van der Waals surface area contributed by atoms with Crippen LogP contribution in [0.4, 0.5) is 0 Å². The van der Waals surface area contributed by atoms with E-state index in [1.165, 1.54) is 31.4 Å². The Morgan fingerprint density at radius 3 is 2.76 bits per heavy atom. The average molecular weight is 308 g/mol. The SMILES string of the molecule is COc1ccc2c(c1)nc(CCCl)n2CCN1CCCC1. The van der Waals surface area contributed by atoms with Crippen LogP contribution in [0.25, 0.3) is 11.0 Å². The van der Waals surface area contributed by atoms with Gasteiger partial charge in [-0.1, -0.05) is 0 Å². The second-order valence-corrected chi connectivity index (χ2v) is 5.90. The first-order chi connectivity index (χ1) is 10.3. The van der Waals surface area contributed by atoms with E-state index in [4.69, 9.17) is 21.3 Å². The van der Waals surface area contributed by atoms with Crippen LogP contribution in [-0.2, 0) is 13.0 Å². The van der Waals surface area contributed by atoms with Crippen molar-refractivity contribution in [3.63, 3.8) is 0 Å². The molecule has 0 saturated carbocycles. The van der Waals surface area contributed by atoms with E-state index >= 15 is 0 Å². The number of halogens is 1. The summed E-state index contributed by atoms with van der Waals surface area (Å²) in [5.41, 5.74) is 2.17. The zero-order valence-corrected chi connectivity index (χ0v) is 13.3. The van der Waals surface area contributed by atoms with Gasteiger partial charge in [0.15, 0.2) is 0 Å². The molecule has 0 bridgehead atoms. The first-order valence-electron chi connectivity index (χ1n) is 7.63. The molecule has 2 heterocycles. The Morgan fingerprint density at radius 2 is 2.05 bits per heavy atom. The summed E-state index contributed by atoms with van der Waals surface area (Å²) in [5, 5.41) is 0. The molecule has 114 valence electrons. The Kier molecular flexibility index (Phi) is 4.66. The van der Waals surface area contributed by atoms with Crippen LogP contribution in [0.3, 0.4) is 0 Å². The molecule has 0 amide bonds. The maximum Gasteiger partial charge on any atom is 0.121 e. The minimum Gasteiger partial charge on any atom is -0.497 e. The number of methoxy groups -OCH3 is 1. The van der Waals surface area contributed by atoms with Crippen molar-refractivity contribution in [1.82, 2.24) is 14.5 Å². The number of alkyl halides is 1. The molecule has 21 heavy (non-hydrogen) atoms. The van der Waals surface area contributed by atoms with Gasteiger partial charge >= 0.3 is 0 Å². The largest absolute Gasteiger partial charge is 0.497 e. The quantitative estimate of drug-likeness (QED) is 0.769. The van der Waals surface area contributed by atoms with Gasteiger partial charge < -0.3 is 14.2 Å². The average Bonchev–Trinajstić information content (AvgIpc) is 3.12. The molecule has 5 heteroatoms. The highest BCUT2D eigenvalue weighted by molar-refractivity contribution is 6.17. The fraction of sp³-hybridized carbons (Fsp3) is 0.562. The Hall–Kier alpha value is -1.26. The summed E-state index contributed by atoms with van der Waals surface area (Å²) in [5.74, 6) is 2.53. The maximum atomic E-state index is 5.93. The van der Waals surface area contributed by atoms with Gasteiger partial charge in [0, 0.05) is 31.5 Å². The molecule has 0 spiro atoms. The van der Waals surface area contributed by atoms with Gasteiger partial charge in [-0.2, -0.15) is 0 Å². The van der Waals surface area contributed by atoms with Gasteiger partial charge in [0.1, 0.15) is 11.6 Å². The lowest BCUT2D eigenvalue weighted by molar-refractivity contribution is 0.322. The number of ether oxygens (including phenoxy) is 1. The summed E-state index contributed by atoms with van der Waals surface area (Å²) in [6.07, 6.45) is 3.46. The minimum atomic E-state index is 0.601. The van der Waals surface area contributed by atoms with Crippen molar-refractivity contribution >= 4 is 22.6 Å². The van der Waals surface area contributed by atoms with Crippen molar-refractivity contribution in [2.45, 2.75) is 25.8 Å². The molecule has 0 atom stereocenters. The molecule has 0 aliphatic carbocycles. The van der Waals surface area contributed by atoms with E-state index in [2.05, 4.69) is 15.5 Å². The van der Waals surface area contributed by atoms with Gasteiger partial charge in [0.2, 0.25) is 0 Å². The molecule has 2 aromatic rings. The second-order valence-electron chi connectivity index (χ2n) is 5.52. The predicted molar refractivity (Wildman–Crippen MR) is 86.4 cm³/mol. The topological polar surface area (TPSA) is 30.3 Å². The van der Waals surface area contributed by atoms with Crippen molar-refractivity contribution < 1.29 is 4.74 Å². The Bertz CT molecular complexity index is 605. The Morgan fingerprint density at radius 1 is 1.24 bits per heavy atom. The molecule has 0 N–H and O–H groups in total. The van der Waals surface area contributed by atoms with Crippen molar-refractivity contribution in [3.05, 3.63) is 24.0 Å². The fourth-order valence-electron chi connectivity index (χ4n) is 3.06. The van der Waals surface area contributed by atoms with Crippen LogP contribution < -0.4 is 4.74 Å². The fourth-order valence-corrected chi connectivity index (χ4v) is 3.23. The van der Waals surface area contributed by atoms with Gasteiger partial charge in [-0.15, -0.1) is 11.6 Å². The molecular weight excluding hydrogens is 286 g/mol. The van der Waals surface area contributed by atoms with Crippen LogP contribution in [0.15, 0.2) is 18.2 Å². The number of hydrogen-bond acceptors (Lipinski definition) is 3. The number of nitrogens with zero attached hydrogens (tertiary/aromatic N) is 3. The number of rotatable bonds is 6. The smallest absolute Gasteiger partial charge is 0.121 e. The zero-order chi connectivity index (χ0) is 14.7. The molecule has 1 aromatic carbocycles. The molecule has 1 aliphatic rings. The summed E-state index contributed by atoms with van der Waals surface area (Å²) >= 11 is 5.93. The van der Waals surface area contributed by atoms with E-state index in [1.54, 1.807) is 7.11 Å². The number of likely N-dealkylation sites (tertiary alicyclic amines) is 1. The molecule has 1 aliphatic heterocycles. The highest BCUT2D eigenvalue weighted by atomic mass is 35.5. The second kappa shape index (κ2) is 6.67. The number of hydrogen-bond donors (Lipinski definition) is 0. The number of imidazole rings is 1. The monoisotopic (exact) mass is 307 g/mol. The van der Waals surface area contributed by atoms with Crippen molar-refractivity contribution in [1.29, 1.82) is 0 Å². The molecule has 1 fully saturated rings. The molecule has 1 saturated heterocycles. The van der Waals surface area contributed by atoms with Crippen molar-refractivity contribution in [2.24, 2.45) is 0 Å². The van der Waals surface area contributed by atoms with Gasteiger partial charge in [-0.3, -0.25) is 0 Å². The minimum absolute atomic E-state index is 0.601. The standard InChI is InChI=1S/C16H22ClN3O/c1-21-13-4-5-15-14(12-13)18-16(6-7-17)20(15)11-10-19-8-2-3-9-19/h4-5,12H,2-3,6-11H2,1H3. The summed E-state index contributed by atoms with van der Waals surface area (Å²) in [7, 11) is 1.69. The number of aromatic nitrogens is 2. The number of aryl methyl sites for hydroxylation is 1. The lowest BCUT2D eigenvalue weighted by Crippen LogP contribution is -2.24. The van der Waals surface area contributed by atoms with E-state index in [-0.39, 0.29) is 0 Å². The van der Waals surface area contributed by atoms with E-state index in [9.17, 15) is 0 Å². The summed E-state index contributed by atoms with van der Waals surface area (Å²) in [6.45, 7) is 4.53. The molecule has 3 rings (SSSR count). The molecule has 1 aromatic heterocycles. The Balaban J connectivity index is 1.87. The van der Waals surface area contributed by atoms with Crippen LogP contribution in [0.2, 0.25) is 0 Å². The molecule has 0 radical (unpaired) electrons. The maximum absolute atomic E-state index is 5.93. The highest BCUT2D eigenvalue weighted by Crippen LogP contribution is 2.22. The van der Waals surface area contributed by atoms with Crippen LogP contribution >= 0.6 is 11.6 Å². The van der Waals surface area contributed by atoms with Crippen LogP contribution in [-0.4, -0.2) is 47.1 Å². The number of fused-ring (bicyclic) bond motifs is 1. The number of benzene rings is 1. The van der Waals surface area contributed by atoms with E-state index in [0.717, 1.165) is 36.6 Å². The zero-order valence-electron chi connectivity index (χ0n) is 12.5. The van der Waals surface area contributed by atoms with Crippen molar-refractivity contribution in [2.75, 3.05) is 32.6 Å². The van der Waals surface area contributed by atoms with Crippen molar-refractivity contribution in [3.8, 4) is 5.75 Å². The van der Waals surface area contributed by atoms with Crippen LogP contribution in [0, 0.1) is 0 Å². The van der Waals surface area contributed by atoms with Gasteiger partial charge in [-0.25, -0.2) is 4.98 Å².